The minimum atomic E-state index is -0.242. The van der Waals surface area contributed by atoms with Crippen molar-refractivity contribution in [1.29, 1.82) is 0 Å². The third-order valence-electron chi connectivity index (χ3n) is 5.54. The number of amides is 1. The van der Waals surface area contributed by atoms with Gasteiger partial charge in [-0.1, -0.05) is 23.7 Å². The predicted octanol–water partition coefficient (Wildman–Crippen LogP) is 4.16. The Morgan fingerprint density at radius 1 is 1.06 bits per heavy atom. The molecule has 1 amide bonds. The molecule has 4 rings (SSSR count). The van der Waals surface area contributed by atoms with Gasteiger partial charge < -0.3 is 24.4 Å². The lowest BCUT2D eigenvalue weighted by atomic mass is 9.97. The molecule has 8 nitrogen and oxygen atoms in total. The fraction of sp³-hybridized carbons (Fsp3) is 0.348. The van der Waals surface area contributed by atoms with E-state index in [1.54, 1.807) is 19.2 Å². The van der Waals surface area contributed by atoms with Crippen LogP contribution in [-0.2, 0) is 4.79 Å². The van der Waals surface area contributed by atoms with Crippen molar-refractivity contribution in [3.05, 3.63) is 41.4 Å². The van der Waals surface area contributed by atoms with Crippen LogP contribution in [0.3, 0.4) is 0 Å². The Hall–Kier alpha value is -3.26. The van der Waals surface area contributed by atoms with Gasteiger partial charge in [0.25, 0.3) is 5.88 Å². The summed E-state index contributed by atoms with van der Waals surface area (Å²) in [4.78, 5) is 24.5. The molecule has 32 heavy (non-hydrogen) atoms. The third-order valence-corrected chi connectivity index (χ3v) is 5.83. The number of piperidine rings is 1. The van der Waals surface area contributed by atoms with Crippen LogP contribution >= 0.6 is 11.6 Å². The van der Waals surface area contributed by atoms with Crippen LogP contribution in [0.25, 0.3) is 11.0 Å². The quantitative estimate of drug-likeness (QED) is 0.595. The molecule has 168 valence electrons. The van der Waals surface area contributed by atoms with E-state index in [1.165, 1.54) is 14.2 Å². The Bertz CT molecular complexity index is 1140. The Balaban J connectivity index is 1.56. The van der Waals surface area contributed by atoms with Crippen LogP contribution in [0, 0.1) is 5.92 Å². The van der Waals surface area contributed by atoms with Crippen molar-refractivity contribution in [2.75, 3.05) is 44.6 Å². The van der Waals surface area contributed by atoms with Crippen molar-refractivity contribution in [1.82, 2.24) is 9.97 Å². The number of para-hydroxylation sites is 2. The van der Waals surface area contributed by atoms with Crippen LogP contribution in [-0.4, -0.2) is 50.3 Å². The molecule has 1 aliphatic heterocycles. The van der Waals surface area contributed by atoms with E-state index in [0.29, 0.717) is 40.5 Å². The first-order valence-corrected chi connectivity index (χ1v) is 10.7. The smallest absolute Gasteiger partial charge is 0.257 e. The van der Waals surface area contributed by atoms with Gasteiger partial charge in [0.1, 0.15) is 11.5 Å². The third kappa shape index (κ3) is 4.36. The molecule has 9 heteroatoms. The summed E-state index contributed by atoms with van der Waals surface area (Å²) in [7, 11) is 4.63. The van der Waals surface area contributed by atoms with Crippen LogP contribution in [0.4, 0.5) is 11.5 Å². The molecule has 3 aromatic rings. The highest BCUT2D eigenvalue weighted by Gasteiger charge is 2.29. The summed E-state index contributed by atoms with van der Waals surface area (Å²) in [5, 5.41) is 3.38. The summed E-state index contributed by atoms with van der Waals surface area (Å²) in [6.45, 7) is 1.27. The molecule has 1 saturated heterocycles. The number of halogens is 1. The van der Waals surface area contributed by atoms with Gasteiger partial charge >= 0.3 is 0 Å². The van der Waals surface area contributed by atoms with Crippen LogP contribution in [0.15, 0.2) is 36.4 Å². The van der Waals surface area contributed by atoms with E-state index in [9.17, 15) is 4.79 Å². The predicted molar refractivity (Wildman–Crippen MR) is 124 cm³/mol. The highest BCUT2D eigenvalue weighted by Crippen LogP contribution is 2.37. The zero-order valence-electron chi connectivity index (χ0n) is 18.2. The first-order valence-electron chi connectivity index (χ1n) is 10.3. The van der Waals surface area contributed by atoms with Crippen molar-refractivity contribution in [2.45, 2.75) is 12.8 Å². The minimum Gasteiger partial charge on any atom is -0.495 e. The van der Waals surface area contributed by atoms with E-state index in [2.05, 4.69) is 15.2 Å². The van der Waals surface area contributed by atoms with Gasteiger partial charge in [0.05, 0.1) is 49.0 Å². The fourth-order valence-corrected chi connectivity index (χ4v) is 4.12. The number of hydrogen-bond donors (Lipinski definition) is 1. The molecular weight excluding hydrogens is 432 g/mol. The van der Waals surface area contributed by atoms with E-state index in [1.807, 2.05) is 24.3 Å². The van der Waals surface area contributed by atoms with Gasteiger partial charge in [0.2, 0.25) is 5.91 Å². The Kier molecular flexibility index (Phi) is 6.50. The fourth-order valence-electron chi connectivity index (χ4n) is 3.89. The monoisotopic (exact) mass is 456 g/mol. The molecule has 0 saturated carbocycles. The van der Waals surface area contributed by atoms with Gasteiger partial charge in [-0.15, -0.1) is 0 Å². The Labute approximate surface area is 191 Å². The number of hydrogen-bond acceptors (Lipinski definition) is 7. The van der Waals surface area contributed by atoms with E-state index < -0.39 is 0 Å². The highest BCUT2D eigenvalue weighted by atomic mass is 35.5. The number of ether oxygens (including phenoxy) is 3. The van der Waals surface area contributed by atoms with E-state index in [4.69, 9.17) is 30.8 Å². The number of benzene rings is 2. The maximum absolute atomic E-state index is 13.1. The number of rotatable bonds is 6. The van der Waals surface area contributed by atoms with E-state index in [-0.39, 0.29) is 11.8 Å². The van der Waals surface area contributed by atoms with Gasteiger partial charge in [-0.3, -0.25) is 4.79 Å². The molecule has 1 aromatic heterocycles. The lowest BCUT2D eigenvalue weighted by Crippen LogP contribution is -2.41. The Morgan fingerprint density at radius 2 is 1.78 bits per heavy atom. The molecule has 2 heterocycles. The molecular formula is C23H25ClN4O4. The van der Waals surface area contributed by atoms with Crippen LogP contribution in [0.5, 0.6) is 17.4 Å². The number of aromatic nitrogens is 2. The summed E-state index contributed by atoms with van der Waals surface area (Å²) in [6, 6.07) is 10.9. The van der Waals surface area contributed by atoms with Crippen molar-refractivity contribution >= 4 is 40.0 Å². The second-order valence-electron chi connectivity index (χ2n) is 7.51. The number of carbonyl (C=O) groups is 1. The summed E-state index contributed by atoms with van der Waals surface area (Å²) in [6.07, 6.45) is 1.61. The molecule has 1 fully saturated rings. The SMILES string of the molecule is COc1cc(NC(=O)[C@@H]2CCCN(c3nc4ccccc4nc3OC)C2)c(OC)cc1Cl. The van der Waals surface area contributed by atoms with Crippen molar-refractivity contribution < 1.29 is 19.0 Å². The summed E-state index contributed by atoms with van der Waals surface area (Å²) >= 11 is 6.17. The van der Waals surface area contributed by atoms with Crippen LogP contribution < -0.4 is 24.4 Å². The Morgan fingerprint density at radius 3 is 2.47 bits per heavy atom. The first kappa shape index (κ1) is 22.0. The van der Waals surface area contributed by atoms with Gasteiger partial charge in [-0.2, -0.15) is 0 Å². The summed E-state index contributed by atoms with van der Waals surface area (Å²) in [5.74, 6) is 1.68. The highest BCUT2D eigenvalue weighted by molar-refractivity contribution is 6.32. The molecule has 0 aliphatic carbocycles. The number of nitrogens with zero attached hydrogens (tertiary/aromatic N) is 3. The molecule has 1 N–H and O–H groups in total. The van der Waals surface area contributed by atoms with Crippen LogP contribution in [0.1, 0.15) is 12.8 Å². The average molecular weight is 457 g/mol. The van der Waals surface area contributed by atoms with Crippen molar-refractivity contribution in [2.24, 2.45) is 5.92 Å². The average Bonchev–Trinajstić information content (AvgIpc) is 2.83. The maximum atomic E-state index is 13.1. The van der Waals surface area contributed by atoms with Crippen molar-refractivity contribution in [3.63, 3.8) is 0 Å². The molecule has 1 atom stereocenters. The number of fused-ring (bicyclic) bond motifs is 1. The first-order chi connectivity index (χ1) is 15.5. The standard InChI is InChI=1S/C23H25ClN4O4/c1-30-19-12-18(20(31-2)11-15(19)24)26-22(29)14-7-6-10-28(13-14)21-23(32-3)27-17-9-5-4-8-16(17)25-21/h4-5,8-9,11-12,14H,6-7,10,13H2,1-3H3,(H,26,29)/t14-/m1/s1. The second-order valence-corrected chi connectivity index (χ2v) is 7.91. The molecule has 1 aliphatic rings. The topological polar surface area (TPSA) is 85.8 Å². The number of anilines is 2. The minimum absolute atomic E-state index is 0.106. The number of carbonyl (C=O) groups excluding carboxylic acids is 1. The van der Waals surface area contributed by atoms with E-state index in [0.717, 1.165) is 30.4 Å². The normalized spacial score (nSPS) is 16.0. The van der Waals surface area contributed by atoms with Gasteiger partial charge in [-0.05, 0) is 25.0 Å². The van der Waals surface area contributed by atoms with Crippen LogP contribution in [0.2, 0.25) is 5.02 Å². The molecule has 0 unspecified atom stereocenters. The van der Waals surface area contributed by atoms with Gasteiger partial charge in [0.15, 0.2) is 5.82 Å². The second kappa shape index (κ2) is 9.48. The van der Waals surface area contributed by atoms with Gasteiger partial charge in [-0.25, -0.2) is 9.97 Å². The summed E-state index contributed by atoms with van der Waals surface area (Å²) < 4.78 is 16.2. The van der Waals surface area contributed by atoms with Gasteiger partial charge in [0, 0.05) is 25.2 Å². The molecule has 0 spiro atoms. The molecule has 2 aromatic carbocycles. The zero-order valence-corrected chi connectivity index (χ0v) is 19.0. The number of nitrogens with one attached hydrogen (secondary N) is 1. The van der Waals surface area contributed by atoms with E-state index >= 15 is 0 Å². The largest absolute Gasteiger partial charge is 0.495 e. The zero-order chi connectivity index (χ0) is 22.7. The lowest BCUT2D eigenvalue weighted by molar-refractivity contribution is -0.120. The van der Waals surface area contributed by atoms with Crippen molar-refractivity contribution in [3.8, 4) is 17.4 Å². The molecule has 0 bridgehead atoms. The molecule has 0 radical (unpaired) electrons. The maximum Gasteiger partial charge on any atom is 0.257 e. The lowest BCUT2D eigenvalue weighted by Gasteiger charge is -2.33. The summed E-state index contributed by atoms with van der Waals surface area (Å²) in [5.41, 5.74) is 2.06. The number of methoxy groups -OCH3 is 3.